The standard InChI is InChI=1S/C16H19ClFN3S/c1-11-19-20-16(21(11)12-6-3-2-4-7-12)22-10-13-14(17)8-5-9-15(13)18/h5,8-9,12H,2-4,6-7,10H2,1H3. The zero-order valence-electron chi connectivity index (χ0n) is 12.6. The summed E-state index contributed by atoms with van der Waals surface area (Å²) in [5.74, 6) is 1.14. The van der Waals surface area contributed by atoms with Crippen LogP contribution >= 0.6 is 23.4 Å². The van der Waals surface area contributed by atoms with Crippen molar-refractivity contribution in [2.75, 3.05) is 0 Å². The fourth-order valence-corrected chi connectivity index (χ4v) is 4.41. The van der Waals surface area contributed by atoms with Crippen LogP contribution in [0.2, 0.25) is 5.02 Å². The summed E-state index contributed by atoms with van der Waals surface area (Å²) in [5.41, 5.74) is 0.532. The molecule has 0 atom stereocenters. The number of aromatic nitrogens is 3. The fraction of sp³-hybridized carbons (Fsp3) is 0.500. The van der Waals surface area contributed by atoms with Crippen LogP contribution in [0, 0.1) is 12.7 Å². The Morgan fingerprint density at radius 1 is 1.27 bits per heavy atom. The molecule has 0 bridgehead atoms. The van der Waals surface area contributed by atoms with Gasteiger partial charge < -0.3 is 4.57 Å². The van der Waals surface area contributed by atoms with E-state index in [0.717, 1.165) is 11.0 Å². The Hall–Kier alpha value is -1.07. The molecule has 0 unspecified atom stereocenters. The van der Waals surface area contributed by atoms with E-state index in [4.69, 9.17) is 11.6 Å². The molecule has 1 aromatic heterocycles. The predicted octanol–water partition coefficient (Wildman–Crippen LogP) is 5.18. The lowest BCUT2D eigenvalue weighted by atomic mass is 9.95. The zero-order valence-corrected chi connectivity index (χ0v) is 14.1. The highest BCUT2D eigenvalue weighted by Crippen LogP contribution is 2.34. The van der Waals surface area contributed by atoms with Crippen LogP contribution in [0.3, 0.4) is 0 Å². The summed E-state index contributed by atoms with van der Waals surface area (Å²) in [6.07, 6.45) is 6.17. The number of halogens is 2. The monoisotopic (exact) mass is 339 g/mol. The van der Waals surface area contributed by atoms with Crippen molar-refractivity contribution >= 4 is 23.4 Å². The molecule has 0 saturated heterocycles. The van der Waals surface area contributed by atoms with Crippen LogP contribution in [0.1, 0.15) is 49.5 Å². The minimum Gasteiger partial charge on any atom is -0.303 e. The number of hydrogen-bond donors (Lipinski definition) is 0. The van der Waals surface area contributed by atoms with Crippen LogP contribution in [-0.4, -0.2) is 14.8 Å². The molecule has 0 N–H and O–H groups in total. The lowest BCUT2D eigenvalue weighted by Gasteiger charge is -2.25. The van der Waals surface area contributed by atoms with Crippen LogP contribution < -0.4 is 0 Å². The molecule has 1 fully saturated rings. The van der Waals surface area contributed by atoms with Crippen LogP contribution in [0.5, 0.6) is 0 Å². The molecular weight excluding hydrogens is 321 g/mol. The quantitative estimate of drug-likeness (QED) is 0.719. The molecule has 1 aliphatic rings. The Kier molecular flexibility index (Phi) is 5.03. The van der Waals surface area contributed by atoms with Crippen molar-refractivity contribution in [2.24, 2.45) is 0 Å². The van der Waals surface area contributed by atoms with Gasteiger partial charge in [-0.25, -0.2) is 4.39 Å². The number of nitrogens with zero attached hydrogens (tertiary/aromatic N) is 3. The number of hydrogen-bond acceptors (Lipinski definition) is 3. The van der Waals surface area contributed by atoms with E-state index in [1.165, 1.54) is 49.9 Å². The predicted molar refractivity (Wildman–Crippen MR) is 87.9 cm³/mol. The average molecular weight is 340 g/mol. The maximum Gasteiger partial charge on any atom is 0.191 e. The van der Waals surface area contributed by atoms with Crippen molar-refractivity contribution in [1.29, 1.82) is 0 Å². The Balaban J connectivity index is 1.78. The Labute approximate surface area is 139 Å². The summed E-state index contributed by atoms with van der Waals surface area (Å²) in [6.45, 7) is 1.99. The van der Waals surface area contributed by atoms with Gasteiger partial charge in [0.15, 0.2) is 5.16 Å². The van der Waals surface area contributed by atoms with Gasteiger partial charge in [-0.3, -0.25) is 0 Å². The summed E-state index contributed by atoms with van der Waals surface area (Å²) < 4.78 is 16.1. The Morgan fingerprint density at radius 2 is 2.05 bits per heavy atom. The summed E-state index contributed by atoms with van der Waals surface area (Å²) in [5, 5.41) is 9.82. The van der Waals surface area contributed by atoms with Crippen LogP contribution in [0.4, 0.5) is 4.39 Å². The topological polar surface area (TPSA) is 30.7 Å². The van der Waals surface area contributed by atoms with E-state index in [1.54, 1.807) is 12.1 Å². The van der Waals surface area contributed by atoms with Gasteiger partial charge in [0, 0.05) is 22.4 Å². The third-order valence-corrected chi connectivity index (χ3v) is 5.51. The second-order valence-corrected chi connectivity index (χ2v) is 7.03. The lowest BCUT2D eigenvalue weighted by molar-refractivity contribution is 0.332. The molecule has 2 aromatic rings. The van der Waals surface area contributed by atoms with Gasteiger partial charge >= 0.3 is 0 Å². The third-order valence-electron chi connectivity index (χ3n) is 4.18. The van der Waals surface area contributed by atoms with E-state index >= 15 is 0 Å². The summed E-state index contributed by atoms with van der Waals surface area (Å²) in [4.78, 5) is 0. The van der Waals surface area contributed by atoms with E-state index in [1.807, 2.05) is 6.92 Å². The smallest absolute Gasteiger partial charge is 0.191 e. The molecule has 3 rings (SSSR count). The van der Waals surface area contributed by atoms with Gasteiger partial charge in [0.25, 0.3) is 0 Å². The van der Waals surface area contributed by atoms with Crippen molar-refractivity contribution in [3.63, 3.8) is 0 Å². The molecule has 0 amide bonds. The van der Waals surface area contributed by atoms with Gasteiger partial charge in [-0.1, -0.05) is 48.7 Å². The van der Waals surface area contributed by atoms with E-state index in [0.29, 0.717) is 22.4 Å². The normalized spacial score (nSPS) is 16.1. The molecule has 118 valence electrons. The molecule has 22 heavy (non-hydrogen) atoms. The average Bonchev–Trinajstić information content (AvgIpc) is 2.88. The van der Waals surface area contributed by atoms with Gasteiger partial charge in [-0.15, -0.1) is 10.2 Å². The minimum absolute atomic E-state index is 0.263. The van der Waals surface area contributed by atoms with Crippen molar-refractivity contribution < 1.29 is 4.39 Å². The van der Waals surface area contributed by atoms with E-state index in [9.17, 15) is 4.39 Å². The first kappa shape index (κ1) is 15.8. The minimum atomic E-state index is -0.263. The van der Waals surface area contributed by atoms with Gasteiger partial charge in [0.1, 0.15) is 11.6 Å². The highest BCUT2D eigenvalue weighted by molar-refractivity contribution is 7.98. The Bertz CT molecular complexity index is 633. The van der Waals surface area contributed by atoms with Crippen molar-refractivity contribution in [2.45, 2.75) is 56.0 Å². The van der Waals surface area contributed by atoms with Gasteiger partial charge in [-0.05, 0) is 31.9 Å². The molecule has 0 aliphatic heterocycles. The lowest BCUT2D eigenvalue weighted by Crippen LogP contribution is -2.15. The second-order valence-electron chi connectivity index (χ2n) is 5.68. The first-order valence-electron chi connectivity index (χ1n) is 7.64. The van der Waals surface area contributed by atoms with Crippen LogP contribution in [0.25, 0.3) is 0 Å². The number of thioether (sulfide) groups is 1. The van der Waals surface area contributed by atoms with Gasteiger partial charge in [0.05, 0.1) is 0 Å². The third kappa shape index (κ3) is 3.30. The van der Waals surface area contributed by atoms with Crippen molar-refractivity contribution in [3.05, 3.63) is 40.4 Å². The molecule has 0 radical (unpaired) electrons. The first-order chi connectivity index (χ1) is 10.7. The highest BCUT2D eigenvalue weighted by Gasteiger charge is 2.21. The van der Waals surface area contributed by atoms with Crippen LogP contribution in [0.15, 0.2) is 23.4 Å². The maximum atomic E-state index is 13.9. The molecule has 3 nitrogen and oxygen atoms in total. The molecule has 0 spiro atoms. The number of aryl methyl sites for hydroxylation is 1. The van der Waals surface area contributed by atoms with Crippen molar-refractivity contribution in [3.8, 4) is 0 Å². The largest absolute Gasteiger partial charge is 0.303 e. The summed E-state index contributed by atoms with van der Waals surface area (Å²) in [7, 11) is 0. The Morgan fingerprint density at radius 3 is 2.77 bits per heavy atom. The first-order valence-corrected chi connectivity index (χ1v) is 9.00. The van der Waals surface area contributed by atoms with Crippen LogP contribution in [-0.2, 0) is 5.75 Å². The van der Waals surface area contributed by atoms with Gasteiger partial charge in [0.2, 0.25) is 0 Å². The highest BCUT2D eigenvalue weighted by atomic mass is 35.5. The number of rotatable bonds is 4. The molecule has 6 heteroatoms. The summed E-state index contributed by atoms with van der Waals surface area (Å²) in [6, 6.07) is 5.26. The van der Waals surface area contributed by atoms with E-state index in [-0.39, 0.29) is 5.82 Å². The zero-order chi connectivity index (χ0) is 15.5. The second kappa shape index (κ2) is 7.01. The SMILES string of the molecule is Cc1nnc(SCc2c(F)cccc2Cl)n1C1CCCCC1. The fourth-order valence-electron chi connectivity index (χ4n) is 3.01. The van der Waals surface area contributed by atoms with Crippen molar-refractivity contribution in [1.82, 2.24) is 14.8 Å². The molecule has 1 aromatic carbocycles. The molecule has 1 heterocycles. The maximum absolute atomic E-state index is 13.9. The molecule has 1 saturated carbocycles. The van der Waals surface area contributed by atoms with E-state index < -0.39 is 0 Å². The van der Waals surface area contributed by atoms with E-state index in [2.05, 4.69) is 14.8 Å². The van der Waals surface area contributed by atoms with Gasteiger partial charge in [-0.2, -0.15) is 0 Å². The molecule has 1 aliphatic carbocycles. The molecular formula is C16H19ClFN3S. The summed E-state index contributed by atoms with van der Waals surface area (Å²) >= 11 is 7.60. The number of benzene rings is 1.